The molecule has 7 heteroatoms. The number of allylic oxidation sites excluding steroid dienone is 6. The van der Waals surface area contributed by atoms with Crippen LogP contribution in [0.5, 0.6) is 5.75 Å². The molecule has 0 saturated carbocycles. The van der Waals surface area contributed by atoms with Gasteiger partial charge in [0, 0.05) is 29.1 Å². The number of carbonyl (C=O) groups excluding carboxylic acids is 2. The third-order valence-electron chi connectivity index (χ3n) is 7.60. The molecule has 4 nitrogen and oxygen atoms in total. The molecule has 0 radical (unpaired) electrons. The number of phenolic OH excluding ortho intramolecular Hbond substituents is 1. The Labute approximate surface area is 335 Å². The number of ketones is 2. The van der Waals surface area contributed by atoms with Gasteiger partial charge in [0.15, 0.2) is 0 Å². The molecule has 304 valence electrons. The Hall–Kier alpha value is -2.76. The second-order valence-electron chi connectivity index (χ2n) is 13.2. The van der Waals surface area contributed by atoms with Crippen LogP contribution in [0, 0.1) is 17.7 Å². The SMILES string of the molecule is C/C=C\C(C)=C(/C)Cl.CC.CC(C)=O.CC/C=C(\C)c1cc(Cl)c(-c2c(O)cccc2F)nc1CC.CCC(C)C.CCCCCC(C)CC(=O)CC. The summed E-state index contributed by atoms with van der Waals surface area (Å²) in [4.78, 5) is 25.0. The van der Waals surface area contributed by atoms with Gasteiger partial charge in [0.2, 0.25) is 0 Å². The second-order valence-corrected chi connectivity index (χ2v) is 14.2. The van der Waals surface area contributed by atoms with Gasteiger partial charge >= 0.3 is 0 Å². The Morgan fingerprint density at radius 1 is 0.962 bits per heavy atom. The molecule has 2 aromatic rings. The van der Waals surface area contributed by atoms with Crippen LogP contribution in [0.25, 0.3) is 16.8 Å². The van der Waals surface area contributed by atoms with Gasteiger partial charge in [-0.2, -0.15) is 0 Å². The largest absolute Gasteiger partial charge is 0.507 e. The quantitative estimate of drug-likeness (QED) is 0.162. The molecule has 0 fully saturated rings. The Morgan fingerprint density at radius 2 is 1.51 bits per heavy atom. The number of halogens is 3. The number of aryl methyl sites for hydroxylation is 1. The van der Waals surface area contributed by atoms with E-state index in [1.165, 1.54) is 64.2 Å². The van der Waals surface area contributed by atoms with E-state index in [2.05, 4.69) is 52.6 Å². The van der Waals surface area contributed by atoms with Gasteiger partial charge < -0.3 is 9.90 Å². The Morgan fingerprint density at radius 3 is 1.89 bits per heavy atom. The van der Waals surface area contributed by atoms with E-state index in [0.717, 1.165) is 46.2 Å². The van der Waals surface area contributed by atoms with E-state index < -0.39 is 5.82 Å². The highest BCUT2D eigenvalue weighted by Crippen LogP contribution is 2.37. The fourth-order valence-corrected chi connectivity index (χ4v) is 4.53. The Bertz CT molecular complexity index is 1330. The smallest absolute Gasteiger partial charge is 0.136 e. The zero-order valence-electron chi connectivity index (χ0n) is 36.4. The number of carbonyl (C=O) groups is 2. The fourth-order valence-electron chi connectivity index (χ4n) is 4.22. The molecular weight excluding hydrogens is 704 g/mol. The van der Waals surface area contributed by atoms with Gasteiger partial charge in [0.05, 0.1) is 16.3 Å². The summed E-state index contributed by atoms with van der Waals surface area (Å²) in [6.07, 6.45) is 15.6. The van der Waals surface area contributed by atoms with Gasteiger partial charge in [0.25, 0.3) is 0 Å². The maximum Gasteiger partial charge on any atom is 0.136 e. The molecule has 1 N–H and O–H groups in total. The van der Waals surface area contributed by atoms with Crippen LogP contribution in [-0.4, -0.2) is 21.7 Å². The number of Topliss-reactive ketones (excluding diaryl/α,β-unsaturated/α-hetero) is 2. The standard InChI is InChI=1S/C18H19ClFNO.C11H22O.C7H11Cl.C5H12.C3H6O.C2H6/c1-4-7-11(3)12-10-13(19)18(21-15(12)5-2)17-14(20)8-6-9-16(17)22;1-4-6-7-8-10(3)9-11(12)5-2;1-4-5-6(2)7(3)8;1-4-5(2)3;1-3(2)4;1-2/h6-10,22H,4-5H2,1-3H3;10H,4-9H2,1-3H3;4-5H,1-3H3;5H,4H2,1-3H3;1-2H3;1-2H3/b11-7+;;5-4-,7-6+;;;. The summed E-state index contributed by atoms with van der Waals surface area (Å²) in [5.41, 5.74) is 4.36. The maximum absolute atomic E-state index is 14.1. The number of benzene rings is 1. The first kappa shape index (κ1) is 57.0. The van der Waals surface area contributed by atoms with Crippen LogP contribution >= 0.6 is 23.2 Å². The average Bonchev–Trinajstić information content (AvgIpc) is 3.10. The lowest BCUT2D eigenvalue weighted by atomic mass is 9.97. The minimum atomic E-state index is -0.537. The number of aromatic hydroxyl groups is 1. The molecule has 1 heterocycles. The lowest BCUT2D eigenvalue weighted by molar-refractivity contribution is -0.119. The minimum Gasteiger partial charge on any atom is -0.507 e. The zero-order valence-corrected chi connectivity index (χ0v) is 37.9. The topological polar surface area (TPSA) is 67.3 Å². The summed E-state index contributed by atoms with van der Waals surface area (Å²) in [6, 6.07) is 5.97. The maximum atomic E-state index is 14.1. The summed E-state index contributed by atoms with van der Waals surface area (Å²) < 4.78 is 14.1. The molecule has 0 spiro atoms. The molecule has 1 atom stereocenters. The summed E-state index contributed by atoms with van der Waals surface area (Å²) >= 11 is 11.9. The molecule has 1 aromatic carbocycles. The average molecular weight is 781 g/mol. The van der Waals surface area contributed by atoms with Crippen molar-refractivity contribution in [1.29, 1.82) is 0 Å². The Balaban J connectivity index is -0.000000326. The van der Waals surface area contributed by atoms with E-state index in [1.807, 2.05) is 67.5 Å². The van der Waals surface area contributed by atoms with Crippen molar-refractivity contribution in [3.05, 3.63) is 75.2 Å². The van der Waals surface area contributed by atoms with E-state index in [4.69, 9.17) is 23.2 Å². The van der Waals surface area contributed by atoms with Gasteiger partial charge in [-0.15, -0.1) is 0 Å². The number of rotatable bonds is 13. The van der Waals surface area contributed by atoms with Crippen molar-refractivity contribution in [1.82, 2.24) is 4.98 Å². The predicted molar refractivity (Wildman–Crippen MR) is 235 cm³/mol. The molecule has 0 aliphatic carbocycles. The van der Waals surface area contributed by atoms with Crippen LogP contribution in [0.15, 0.2) is 53.1 Å². The van der Waals surface area contributed by atoms with Crippen LogP contribution in [0.2, 0.25) is 5.02 Å². The zero-order chi connectivity index (χ0) is 42.1. The van der Waals surface area contributed by atoms with Crippen molar-refractivity contribution in [2.24, 2.45) is 11.8 Å². The van der Waals surface area contributed by atoms with Crippen LogP contribution in [0.1, 0.15) is 173 Å². The van der Waals surface area contributed by atoms with Gasteiger partial charge in [-0.1, -0.05) is 149 Å². The van der Waals surface area contributed by atoms with Gasteiger partial charge in [-0.3, -0.25) is 9.78 Å². The highest BCUT2D eigenvalue weighted by Gasteiger charge is 2.18. The predicted octanol–water partition coefficient (Wildman–Crippen LogP) is 16.0. The van der Waals surface area contributed by atoms with Crippen LogP contribution in [0.4, 0.5) is 4.39 Å². The normalized spacial score (nSPS) is 11.5. The molecule has 2 rings (SSSR count). The van der Waals surface area contributed by atoms with Crippen molar-refractivity contribution in [2.45, 2.75) is 169 Å². The van der Waals surface area contributed by atoms with Crippen LogP contribution < -0.4 is 0 Å². The van der Waals surface area contributed by atoms with Crippen molar-refractivity contribution >= 4 is 40.3 Å². The number of pyridine rings is 1. The summed E-state index contributed by atoms with van der Waals surface area (Å²) in [7, 11) is 0. The number of nitrogens with zero attached hydrogens (tertiary/aromatic N) is 1. The molecule has 0 aliphatic heterocycles. The third kappa shape index (κ3) is 30.3. The van der Waals surface area contributed by atoms with E-state index in [9.17, 15) is 19.1 Å². The van der Waals surface area contributed by atoms with E-state index in [-0.39, 0.29) is 22.8 Å². The first-order valence-electron chi connectivity index (χ1n) is 19.7. The summed E-state index contributed by atoms with van der Waals surface area (Å²) in [5, 5.41) is 11.1. The van der Waals surface area contributed by atoms with Gasteiger partial charge in [-0.25, -0.2) is 4.39 Å². The number of aromatic nitrogens is 1. The van der Waals surface area contributed by atoms with Gasteiger partial charge in [-0.05, 0) is 95.6 Å². The molecular formula is C46H76Cl2FNO3. The number of hydrogen-bond donors (Lipinski definition) is 1. The third-order valence-corrected chi connectivity index (χ3v) is 8.19. The molecule has 0 saturated heterocycles. The summed E-state index contributed by atoms with van der Waals surface area (Å²) in [6.45, 7) is 32.0. The van der Waals surface area contributed by atoms with Crippen molar-refractivity contribution < 1.29 is 19.1 Å². The number of unbranched alkanes of at least 4 members (excludes halogenated alkanes) is 2. The molecule has 0 aliphatic rings. The number of phenols is 1. The van der Waals surface area contributed by atoms with Crippen molar-refractivity contribution in [3.63, 3.8) is 0 Å². The Kier molecular flexibility index (Phi) is 38.9. The van der Waals surface area contributed by atoms with Crippen LogP contribution in [-0.2, 0) is 16.0 Å². The van der Waals surface area contributed by atoms with Crippen molar-refractivity contribution in [2.75, 3.05) is 0 Å². The van der Waals surface area contributed by atoms with E-state index in [1.54, 1.807) is 6.07 Å². The molecule has 0 bridgehead atoms. The summed E-state index contributed by atoms with van der Waals surface area (Å²) in [5.74, 6) is 1.37. The number of hydrogen-bond acceptors (Lipinski definition) is 4. The van der Waals surface area contributed by atoms with Crippen molar-refractivity contribution in [3.8, 4) is 17.0 Å². The molecule has 1 unspecified atom stereocenters. The lowest BCUT2D eigenvalue weighted by Crippen LogP contribution is -2.03. The minimum absolute atomic E-state index is 0.0471. The fraction of sp³-hybridized carbons (Fsp3) is 0.587. The molecule has 1 aromatic heterocycles. The first-order valence-corrected chi connectivity index (χ1v) is 20.4. The highest BCUT2D eigenvalue weighted by molar-refractivity contribution is 6.33. The highest BCUT2D eigenvalue weighted by atomic mass is 35.5. The van der Waals surface area contributed by atoms with E-state index in [0.29, 0.717) is 29.6 Å². The first-order chi connectivity index (χ1) is 24.9. The van der Waals surface area contributed by atoms with Gasteiger partial charge in [0.1, 0.15) is 23.1 Å². The molecule has 53 heavy (non-hydrogen) atoms. The lowest BCUT2D eigenvalue weighted by Gasteiger charge is -2.13. The molecule has 0 amide bonds. The van der Waals surface area contributed by atoms with Crippen LogP contribution in [0.3, 0.4) is 0 Å². The van der Waals surface area contributed by atoms with E-state index >= 15 is 0 Å². The monoisotopic (exact) mass is 780 g/mol. The second kappa shape index (κ2) is 36.2.